The lowest BCUT2D eigenvalue weighted by molar-refractivity contribution is -0.143. The van der Waals surface area contributed by atoms with Gasteiger partial charge in [-0.05, 0) is 62.2 Å². The lowest BCUT2D eigenvalue weighted by Gasteiger charge is -2.20. The number of nitrogens with one attached hydrogen (secondary N) is 1. The van der Waals surface area contributed by atoms with Crippen LogP contribution >= 0.6 is 0 Å². The summed E-state index contributed by atoms with van der Waals surface area (Å²) in [6.45, 7) is 4.71. The number of carboxylic acid groups (broad SMARTS) is 1. The summed E-state index contributed by atoms with van der Waals surface area (Å²) in [5.41, 5.74) is -5.46. The molecule has 2 N–H and O–H groups in total. The Morgan fingerprint density at radius 3 is 1.77 bits per heavy atom. The number of carboxylic acids is 1. The predicted octanol–water partition coefficient (Wildman–Crippen LogP) is 6.44. The summed E-state index contributed by atoms with van der Waals surface area (Å²) in [7, 11) is 0. The first kappa shape index (κ1) is 24.0. The highest BCUT2D eigenvalue weighted by Crippen LogP contribution is 2.39. The molecule has 1 amide bonds. The molecular formula is C20H17F6NO4. The second kappa shape index (κ2) is 8.12. The molecule has 0 spiro atoms. The summed E-state index contributed by atoms with van der Waals surface area (Å²) >= 11 is 0. The van der Waals surface area contributed by atoms with Crippen LogP contribution in [0.25, 0.3) is 11.1 Å². The maximum absolute atomic E-state index is 13.1. The van der Waals surface area contributed by atoms with Gasteiger partial charge in [0.15, 0.2) is 0 Å². The Morgan fingerprint density at radius 1 is 0.839 bits per heavy atom. The van der Waals surface area contributed by atoms with Crippen LogP contribution in [0.4, 0.5) is 36.8 Å². The number of carbonyl (C=O) groups is 2. The van der Waals surface area contributed by atoms with Gasteiger partial charge in [0.25, 0.3) is 0 Å². The van der Waals surface area contributed by atoms with Crippen LogP contribution < -0.4 is 5.32 Å². The molecule has 0 saturated heterocycles. The summed E-state index contributed by atoms with van der Waals surface area (Å²) in [5.74, 6) is -1.56. The SMILES string of the molecule is CC(C)(C)OC(=O)Nc1ccc(-c2cc(C(F)(F)F)cc(C(F)(F)F)c2)cc1C(=O)O. The van der Waals surface area contributed by atoms with Crippen LogP contribution in [0, 0.1) is 0 Å². The fourth-order valence-corrected chi connectivity index (χ4v) is 2.54. The molecule has 0 saturated carbocycles. The smallest absolute Gasteiger partial charge is 0.416 e. The lowest BCUT2D eigenvalue weighted by Crippen LogP contribution is -2.27. The minimum Gasteiger partial charge on any atom is -0.478 e. The molecular weight excluding hydrogens is 432 g/mol. The minimum atomic E-state index is -5.05. The van der Waals surface area contributed by atoms with Gasteiger partial charge in [-0.3, -0.25) is 5.32 Å². The Bertz CT molecular complexity index is 974. The molecule has 0 radical (unpaired) electrons. The third-order valence-corrected chi connectivity index (χ3v) is 3.81. The Morgan fingerprint density at radius 2 is 1.35 bits per heavy atom. The van der Waals surface area contributed by atoms with Gasteiger partial charge in [-0.2, -0.15) is 26.3 Å². The second-order valence-corrected chi connectivity index (χ2v) is 7.49. The van der Waals surface area contributed by atoms with E-state index in [9.17, 15) is 41.0 Å². The Kier molecular flexibility index (Phi) is 6.30. The number of alkyl halides is 6. The monoisotopic (exact) mass is 449 g/mol. The van der Waals surface area contributed by atoms with E-state index in [1.165, 1.54) is 0 Å². The van der Waals surface area contributed by atoms with E-state index in [0.29, 0.717) is 12.1 Å². The van der Waals surface area contributed by atoms with Crippen LogP contribution in [0.3, 0.4) is 0 Å². The van der Waals surface area contributed by atoms with Crippen molar-refractivity contribution < 1.29 is 45.8 Å². The molecule has 11 heteroatoms. The zero-order chi connectivity index (χ0) is 23.8. The van der Waals surface area contributed by atoms with Crippen LogP contribution in [0.1, 0.15) is 42.3 Å². The average molecular weight is 449 g/mol. The molecule has 2 aromatic carbocycles. The van der Waals surface area contributed by atoms with E-state index in [4.69, 9.17) is 4.74 Å². The van der Waals surface area contributed by atoms with Crippen LogP contribution in [0.2, 0.25) is 0 Å². The van der Waals surface area contributed by atoms with Crippen LogP contribution in [-0.2, 0) is 17.1 Å². The maximum Gasteiger partial charge on any atom is 0.416 e. The van der Waals surface area contributed by atoms with Crippen molar-refractivity contribution in [3.63, 3.8) is 0 Å². The number of aromatic carboxylic acids is 1. The van der Waals surface area contributed by atoms with E-state index in [2.05, 4.69) is 5.32 Å². The van der Waals surface area contributed by atoms with Gasteiger partial charge in [-0.25, -0.2) is 9.59 Å². The molecule has 0 aliphatic carbocycles. The van der Waals surface area contributed by atoms with E-state index >= 15 is 0 Å². The Hall–Kier alpha value is -3.24. The van der Waals surface area contributed by atoms with Gasteiger partial charge in [-0.15, -0.1) is 0 Å². The quantitative estimate of drug-likeness (QED) is 0.529. The molecule has 5 nitrogen and oxygen atoms in total. The molecule has 168 valence electrons. The van der Waals surface area contributed by atoms with Crippen molar-refractivity contribution in [1.82, 2.24) is 0 Å². The van der Waals surface area contributed by atoms with E-state index < -0.39 is 52.3 Å². The summed E-state index contributed by atoms with van der Waals surface area (Å²) < 4.78 is 83.5. The minimum absolute atomic E-state index is 0.0277. The highest BCUT2D eigenvalue weighted by atomic mass is 19.4. The van der Waals surface area contributed by atoms with Crippen LogP contribution in [0.15, 0.2) is 36.4 Å². The van der Waals surface area contributed by atoms with Gasteiger partial charge in [0.1, 0.15) is 5.60 Å². The zero-order valence-electron chi connectivity index (χ0n) is 16.4. The molecule has 0 aliphatic heterocycles. The number of amides is 1. The number of anilines is 1. The van der Waals surface area contributed by atoms with Crippen molar-refractivity contribution >= 4 is 17.7 Å². The van der Waals surface area contributed by atoms with Crippen molar-refractivity contribution in [3.8, 4) is 11.1 Å². The maximum atomic E-state index is 13.1. The van der Waals surface area contributed by atoms with Crippen molar-refractivity contribution in [1.29, 1.82) is 0 Å². The number of ether oxygens (including phenoxy) is 1. The number of hydrogen-bond donors (Lipinski definition) is 2. The summed E-state index contributed by atoms with van der Waals surface area (Å²) in [4.78, 5) is 23.5. The topological polar surface area (TPSA) is 75.6 Å². The fraction of sp³-hybridized carbons (Fsp3) is 0.300. The first-order chi connectivity index (χ1) is 14.0. The molecule has 0 bridgehead atoms. The third kappa shape index (κ3) is 6.37. The molecule has 2 rings (SSSR count). The third-order valence-electron chi connectivity index (χ3n) is 3.81. The molecule has 0 unspecified atom stereocenters. The number of carbonyl (C=O) groups excluding carboxylic acids is 1. The average Bonchev–Trinajstić information content (AvgIpc) is 2.58. The van der Waals surface area contributed by atoms with Crippen molar-refractivity contribution in [2.75, 3.05) is 5.32 Å². The van der Waals surface area contributed by atoms with Crippen molar-refractivity contribution in [3.05, 3.63) is 53.1 Å². The normalized spacial score (nSPS) is 12.4. The van der Waals surface area contributed by atoms with Gasteiger partial charge in [0.05, 0.1) is 22.4 Å². The van der Waals surface area contributed by atoms with E-state index in [1.54, 1.807) is 20.8 Å². The summed E-state index contributed by atoms with van der Waals surface area (Å²) in [6, 6.07) is 3.95. The van der Waals surface area contributed by atoms with Crippen LogP contribution in [-0.4, -0.2) is 22.8 Å². The number of hydrogen-bond acceptors (Lipinski definition) is 3. The Labute approximate surface area is 172 Å². The largest absolute Gasteiger partial charge is 0.478 e. The second-order valence-electron chi connectivity index (χ2n) is 7.49. The standard InChI is InChI=1S/C20H17F6NO4/c1-18(2,3)31-17(30)27-15-5-4-10(8-14(15)16(28)29)11-6-12(19(21,22)23)9-13(7-11)20(24,25)26/h4-9H,1-3H3,(H,27,30)(H,28,29). The molecule has 0 aromatic heterocycles. The highest BCUT2D eigenvalue weighted by molar-refractivity contribution is 6.00. The molecule has 2 aromatic rings. The lowest BCUT2D eigenvalue weighted by atomic mass is 9.97. The summed E-state index contributed by atoms with van der Waals surface area (Å²) in [5, 5.41) is 11.6. The van der Waals surface area contributed by atoms with Gasteiger partial charge >= 0.3 is 24.4 Å². The molecule has 0 fully saturated rings. The van der Waals surface area contributed by atoms with Gasteiger partial charge in [0, 0.05) is 0 Å². The van der Waals surface area contributed by atoms with Crippen molar-refractivity contribution in [2.24, 2.45) is 0 Å². The Balaban J connectivity index is 2.56. The zero-order valence-corrected chi connectivity index (χ0v) is 16.4. The summed E-state index contributed by atoms with van der Waals surface area (Å²) in [6.07, 6.45) is -11.1. The van der Waals surface area contributed by atoms with Crippen molar-refractivity contribution in [2.45, 2.75) is 38.7 Å². The number of halogens is 6. The predicted molar refractivity (Wildman–Crippen MR) is 98.7 cm³/mol. The molecule has 31 heavy (non-hydrogen) atoms. The van der Waals surface area contributed by atoms with Gasteiger partial charge in [-0.1, -0.05) is 6.07 Å². The molecule has 0 atom stereocenters. The van der Waals surface area contributed by atoms with Gasteiger partial charge in [0.2, 0.25) is 0 Å². The van der Waals surface area contributed by atoms with E-state index in [-0.39, 0.29) is 17.3 Å². The highest BCUT2D eigenvalue weighted by Gasteiger charge is 2.37. The van der Waals surface area contributed by atoms with Gasteiger partial charge < -0.3 is 9.84 Å². The first-order valence-corrected chi connectivity index (χ1v) is 8.64. The fourth-order valence-electron chi connectivity index (χ4n) is 2.54. The molecule has 0 heterocycles. The number of benzene rings is 2. The van der Waals surface area contributed by atoms with E-state index in [1.807, 2.05) is 0 Å². The first-order valence-electron chi connectivity index (χ1n) is 8.64. The number of rotatable bonds is 3. The van der Waals surface area contributed by atoms with Crippen LogP contribution in [0.5, 0.6) is 0 Å². The van der Waals surface area contributed by atoms with E-state index in [0.717, 1.165) is 18.2 Å². The molecule has 0 aliphatic rings.